The monoisotopic (exact) mass is 223 g/mol. The van der Waals surface area contributed by atoms with Gasteiger partial charge < -0.3 is 10.3 Å². The highest BCUT2D eigenvalue weighted by Gasteiger charge is 2.08. The zero-order chi connectivity index (χ0) is 11.0. The maximum atomic E-state index is 11.0. The molecule has 0 radical (unpaired) electrons. The van der Waals surface area contributed by atoms with Crippen molar-refractivity contribution in [2.24, 2.45) is 0 Å². The molecule has 0 unspecified atom stereocenters. The van der Waals surface area contributed by atoms with Gasteiger partial charge in [-0.25, -0.2) is 4.98 Å². The molecule has 0 atom stereocenters. The Hall–Kier alpha value is -1.55. The summed E-state index contributed by atoms with van der Waals surface area (Å²) in [5.74, 6) is 0.651. The number of carbonyl (C=O) groups excluding carboxylic acids is 1. The van der Waals surface area contributed by atoms with Crippen molar-refractivity contribution in [1.82, 2.24) is 9.97 Å². The number of rotatable bonds is 1. The number of benzene rings is 1. The number of H-pyrrole nitrogens is 1. The molecule has 78 valence electrons. The van der Waals surface area contributed by atoms with E-state index in [1.165, 1.54) is 6.92 Å². The van der Waals surface area contributed by atoms with Gasteiger partial charge in [0.1, 0.15) is 11.3 Å². The van der Waals surface area contributed by atoms with E-state index in [-0.39, 0.29) is 5.91 Å². The van der Waals surface area contributed by atoms with Gasteiger partial charge in [0, 0.05) is 11.9 Å². The quantitative estimate of drug-likeness (QED) is 0.780. The molecule has 2 N–H and O–H groups in total. The fourth-order valence-corrected chi connectivity index (χ4v) is 1.71. The summed E-state index contributed by atoms with van der Waals surface area (Å²) in [6, 6.07) is 3.47. The molecule has 1 amide bonds. The number of aromatic amines is 1. The Labute approximate surface area is 91.7 Å². The zero-order valence-corrected chi connectivity index (χ0v) is 9.14. The first-order valence-corrected chi connectivity index (χ1v) is 4.87. The molecule has 4 nitrogen and oxygen atoms in total. The van der Waals surface area contributed by atoms with Crippen LogP contribution in [0.1, 0.15) is 12.7 Å². The SMILES string of the molecule is CC(=O)Nc1cc(Cl)cc2[nH]c(C)nc12. The Morgan fingerprint density at radius 3 is 2.93 bits per heavy atom. The minimum Gasteiger partial charge on any atom is -0.342 e. The minimum atomic E-state index is -0.140. The van der Waals surface area contributed by atoms with E-state index in [0.717, 1.165) is 16.9 Å². The molecule has 0 aliphatic rings. The topological polar surface area (TPSA) is 57.8 Å². The number of imidazole rings is 1. The molecular formula is C10H10ClN3O. The molecule has 2 aromatic rings. The second-order valence-electron chi connectivity index (χ2n) is 3.35. The van der Waals surface area contributed by atoms with Crippen molar-refractivity contribution in [3.63, 3.8) is 0 Å². The zero-order valence-electron chi connectivity index (χ0n) is 8.39. The predicted octanol–water partition coefficient (Wildman–Crippen LogP) is 2.48. The molecule has 0 bridgehead atoms. The van der Waals surface area contributed by atoms with E-state index in [9.17, 15) is 4.79 Å². The van der Waals surface area contributed by atoms with Crippen molar-refractivity contribution in [1.29, 1.82) is 0 Å². The van der Waals surface area contributed by atoms with Gasteiger partial charge in [0.15, 0.2) is 0 Å². The van der Waals surface area contributed by atoms with E-state index >= 15 is 0 Å². The van der Waals surface area contributed by atoms with E-state index in [1.807, 2.05) is 6.92 Å². The number of hydrogen-bond acceptors (Lipinski definition) is 2. The number of anilines is 1. The van der Waals surface area contributed by atoms with Crippen molar-refractivity contribution in [2.75, 3.05) is 5.32 Å². The summed E-state index contributed by atoms with van der Waals surface area (Å²) in [6.07, 6.45) is 0. The van der Waals surface area contributed by atoms with Gasteiger partial charge in [0.05, 0.1) is 11.2 Å². The largest absolute Gasteiger partial charge is 0.342 e. The number of fused-ring (bicyclic) bond motifs is 1. The van der Waals surface area contributed by atoms with Crippen LogP contribution in [-0.4, -0.2) is 15.9 Å². The fourth-order valence-electron chi connectivity index (χ4n) is 1.49. The highest BCUT2D eigenvalue weighted by Crippen LogP contribution is 2.26. The first kappa shape index (κ1) is 9.98. The van der Waals surface area contributed by atoms with Gasteiger partial charge in [-0.3, -0.25) is 4.79 Å². The third kappa shape index (κ3) is 1.94. The summed E-state index contributed by atoms with van der Waals surface area (Å²) in [5, 5.41) is 3.26. The molecular weight excluding hydrogens is 214 g/mol. The lowest BCUT2D eigenvalue weighted by molar-refractivity contribution is -0.114. The molecule has 1 aromatic carbocycles. The molecule has 2 rings (SSSR count). The van der Waals surface area contributed by atoms with Gasteiger partial charge in [-0.2, -0.15) is 0 Å². The van der Waals surface area contributed by atoms with Crippen LogP contribution in [0.5, 0.6) is 0 Å². The van der Waals surface area contributed by atoms with Crippen LogP contribution in [-0.2, 0) is 4.79 Å². The molecule has 1 aromatic heterocycles. The number of hydrogen-bond donors (Lipinski definition) is 2. The molecule has 0 saturated heterocycles. The summed E-state index contributed by atoms with van der Waals surface area (Å²) in [6.45, 7) is 3.30. The highest BCUT2D eigenvalue weighted by atomic mass is 35.5. The second-order valence-corrected chi connectivity index (χ2v) is 3.79. The van der Waals surface area contributed by atoms with E-state index in [2.05, 4.69) is 15.3 Å². The third-order valence-electron chi connectivity index (χ3n) is 1.98. The van der Waals surface area contributed by atoms with Gasteiger partial charge in [-0.15, -0.1) is 0 Å². The van der Waals surface area contributed by atoms with Crippen molar-refractivity contribution >= 4 is 34.2 Å². The van der Waals surface area contributed by atoms with Crippen LogP contribution in [0.3, 0.4) is 0 Å². The third-order valence-corrected chi connectivity index (χ3v) is 2.20. The average Bonchev–Trinajstić information content (AvgIpc) is 2.44. The van der Waals surface area contributed by atoms with Crippen LogP contribution >= 0.6 is 11.6 Å². The molecule has 15 heavy (non-hydrogen) atoms. The Morgan fingerprint density at radius 1 is 1.53 bits per heavy atom. The molecule has 0 saturated carbocycles. The smallest absolute Gasteiger partial charge is 0.221 e. The molecule has 0 spiro atoms. The molecule has 0 aliphatic carbocycles. The Balaban J connectivity index is 2.64. The molecule has 1 heterocycles. The van der Waals surface area contributed by atoms with E-state index in [1.54, 1.807) is 12.1 Å². The summed E-state index contributed by atoms with van der Waals surface area (Å²) in [4.78, 5) is 18.3. The first-order valence-electron chi connectivity index (χ1n) is 4.50. The number of aryl methyl sites for hydroxylation is 1. The standard InChI is InChI=1S/C10H10ClN3O/c1-5-12-8-3-7(11)4-9(10(8)13-5)14-6(2)15/h3-4H,1-2H3,(H,12,13)(H,14,15). The summed E-state index contributed by atoms with van der Waals surface area (Å²) < 4.78 is 0. The number of amides is 1. The van der Waals surface area contributed by atoms with Crippen LogP contribution in [0.15, 0.2) is 12.1 Å². The van der Waals surface area contributed by atoms with E-state index in [0.29, 0.717) is 10.7 Å². The van der Waals surface area contributed by atoms with Crippen LogP contribution in [0.4, 0.5) is 5.69 Å². The number of halogens is 1. The number of nitrogens with one attached hydrogen (secondary N) is 2. The van der Waals surface area contributed by atoms with Gasteiger partial charge in [0.25, 0.3) is 0 Å². The maximum absolute atomic E-state index is 11.0. The highest BCUT2D eigenvalue weighted by molar-refractivity contribution is 6.31. The number of nitrogens with zero attached hydrogens (tertiary/aromatic N) is 1. The summed E-state index contributed by atoms with van der Waals surface area (Å²) in [5.41, 5.74) is 2.19. The lowest BCUT2D eigenvalue weighted by atomic mass is 10.2. The molecule has 0 aliphatic heterocycles. The molecule has 0 fully saturated rings. The lowest BCUT2D eigenvalue weighted by Crippen LogP contribution is -2.06. The summed E-state index contributed by atoms with van der Waals surface area (Å²) in [7, 11) is 0. The maximum Gasteiger partial charge on any atom is 0.221 e. The predicted molar refractivity (Wildman–Crippen MR) is 60.1 cm³/mol. The number of aromatic nitrogens is 2. The van der Waals surface area contributed by atoms with Gasteiger partial charge in [-0.1, -0.05) is 11.6 Å². The van der Waals surface area contributed by atoms with Crippen LogP contribution in [0.2, 0.25) is 5.02 Å². The Morgan fingerprint density at radius 2 is 2.27 bits per heavy atom. The van der Waals surface area contributed by atoms with Gasteiger partial charge >= 0.3 is 0 Å². The van der Waals surface area contributed by atoms with Crippen LogP contribution < -0.4 is 5.32 Å². The van der Waals surface area contributed by atoms with Crippen molar-refractivity contribution < 1.29 is 4.79 Å². The number of carbonyl (C=O) groups is 1. The van der Waals surface area contributed by atoms with Gasteiger partial charge in [-0.05, 0) is 19.1 Å². The van der Waals surface area contributed by atoms with E-state index < -0.39 is 0 Å². The normalized spacial score (nSPS) is 10.6. The molecule has 5 heteroatoms. The van der Waals surface area contributed by atoms with Crippen LogP contribution in [0, 0.1) is 6.92 Å². The van der Waals surface area contributed by atoms with Crippen LogP contribution in [0.25, 0.3) is 11.0 Å². The van der Waals surface area contributed by atoms with E-state index in [4.69, 9.17) is 11.6 Å². The van der Waals surface area contributed by atoms with Crippen molar-refractivity contribution in [2.45, 2.75) is 13.8 Å². The average molecular weight is 224 g/mol. The first-order chi connectivity index (χ1) is 7.06. The lowest BCUT2D eigenvalue weighted by Gasteiger charge is -2.03. The summed E-state index contributed by atoms with van der Waals surface area (Å²) >= 11 is 5.92. The van der Waals surface area contributed by atoms with Crippen molar-refractivity contribution in [3.05, 3.63) is 23.0 Å². The minimum absolute atomic E-state index is 0.140. The Bertz CT molecular complexity index is 533. The fraction of sp³-hybridized carbons (Fsp3) is 0.200. The van der Waals surface area contributed by atoms with Gasteiger partial charge in [0.2, 0.25) is 5.91 Å². The van der Waals surface area contributed by atoms with Crippen molar-refractivity contribution in [3.8, 4) is 0 Å². The second kappa shape index (κ2) is 3.55. The Kier molecular flexibility index (Phi) is 2.36.